The van der Waals surface area contributed by atoms with Crippen LogP contribution in [0.25, 0.3) is 0 Å². The minimum atomic E-state index is -0.298. The maximum Gasteiger partial charge on any atom is 0.333 e. The van der Waals surface area contributed by atoms with Crippen LogP contribution < -0.4 is 0 Å². The van der Waals surface area contributed by atoms with Gasteiger partial charge in [0, 0.05) is 11.1 Å². The van der Waals surface area contributed by atoms with Gasteiger partial charge in [0.15, 0.2) is 0 Å². The van der Waals surface area contributed by atoms with E-state index in [0.717, 1.165) is 64.2 Å². The van der Waals surface area contributed by atoms with E-state index in [-0.39, 0.29) is 23.1 Å². The monoisotopic (exact) mass is 404 g/mol. The predicted octanol–water partition coefficient (Wildman–Crippen LogP) is 6.29. The largest absolute Gasteiger partial charge is 0.456 e. The third-order valence-corrected chi connectivity index (χ3v) is 7.30. The maximum atomic E-state index is 12.0. The van der Waals surface area contributed by atoms with Crippen LogP contribution >= 0.6 is 0 Å². The van der Waals surface area contributed by atoms with E-state index >= 15 is 0 Å². The minimum absolute atomic E-state index is 0.252. The Balaban J connectivity index is 1.83. The van der Waals surface area contributed by atoms with Crippen molar-refractivity contribution in [2.24, 2.45) is 11.8 Å². The van der Waals surface area contributed by atoms with Crippen molar-refractivity contribution in [1.29, 1.82) is 0 Å². The molecule has 0 saturated heterocycles. The van der Waals surface area contributed by atoms with Gasteiger partial charge in [-0.3, -0.25) is 0 Å². The Labute approximate surface area is 177 Å². The number of hydrogen-bond acceptors (Lipinski definition) is 4. The molecule has 164 valence electrons. The van der Waals surface area contributed by atoms with Crippen LogP contribution in [0, 0.1) is 11.8 Å². The van der Waals surface area contributed by atoms with Gasteiger partial charge in [0.25, 0.3) is 0 Å². The SMILES string of the molecule is C=C(C)C(=O)OC1(CC)CCC(CC2CCC(CC)(OC(=O)C(=C)C)CC2)CC1. The molecule has 0 radical (unpaired) electrons. The molecule has 0 aliphatic heterocycles. The number of carbonyl (C=O) groups is 2. The molecule has 0 spiro atoms. The van der Waals surface area contributed by atoms with Gasteiger partial charge in [-0.15, -0.1) is 0 Å². The molecule has 2 aliphatic carbocycles. The first-order valence-corrected chi connectivity index (χ1v) is 11.4. The quantitative estimate of drug-likeness (QED) is 0.352. The summed E-state index contributed by atoms with van der Waals surface area (Å²) in [5.41, 5.74) is 0.364. The zero-order chi connectivity index (χ0) is 21.7. The Morgan fingerprint density at radius 2 is 1.07 bits per heavy atom. The second kappa shape index (κ2) is 9.95. The lowest BCUT2D eigenvalue weighted by atomic mass is 9.70. The van der Waals surface area contributed by atoms with Gasteiger partial charge in [-0.25, -0.2) is 9.59 Å². The lowest BCUT2D eigenvalue weighted by molar-refractivity contribution is -0.160. The molecule has 4 nitrogen and oxygen atoms in total. The van der Waals surface area contributed by atoms with Crippen LogP contribution in [0.1, 0.15) is 98.3 Å². The number of hydrogen-bond donors (Lipinski definition) is 0. The zero-order valence-electron chi connectivity index (χ0n) is 19.0. The van der Waals surface area contributed by atoms with E-state index in [2.05, 4.69) is 27.0 Å². The third-order valence-electron chi connectivity index (χ3n) is 7.30. The standard InChI is InChI=1S/C25H40O4/c1-7-24(28-22(26)18(3)4)13-9-20(10-14-24)17-21-11-15-25(8-2,16-12-21)29-23(27)19(5)6/h20-21H,3,5,7-17H2,1-2,4,6H3. The lowest BCUT2D eigenvalue weighted by Crippen LogP contribution is -2.40. The van der Waals surface area contributed by atoms with Crippen LogP contribution in [0.5, 0.6) is 0 Å². The lowest BCUT2D eigenvalue weighted by Gasteiger charge is -2.42. The Hall–Kier alpha value is -1.58. The van der Waals surface area contributed by atoms with Crippen LogP contribution in [-0.4, -0.2) is 23.1 Å². The summed E-state index contributed by atoms with van der Waals surface area (Å²) < 4.78 is 11.7. The molecule has 2 rings (SSSR count). The highest BCUT2D eigenvalue weighted by Gasteiger charge is 2.40. The molecule has 0 bridgehead atoms. The summed E-state index contributed by atoms with van der Waals surface area (Å²) in [6.07, 6.45) is 11.3. The molecule has 2 fully saturated rings. The van der Waals surface area contributed by atoms with Crippen LogP contribution in [0.3, 0.4) is 0 Å². The molecule has 0 aromatic carbocycles. The van der Waals surface area contributed by atoms with Crippen molar-refractivity contribution >= 4 is 11.9 Å². The predicted molar refractivity (Wildman–Crippen MR) is 116 cm³/mol. The van der Waals surface area contributed by atoms with Crippen molar-refractivity contribution in [2.75, 3.05) is 0 Å². The van der Waals surface area contributed by atoms with E-state index in [1.807, 2.05) is 0 Å². The van der Waals surface area contributed by atoms with Crippen LogP contribution in [0.2, 0.25) is 0 Å². The van der Waals surface area contributed by atoms with E-state index in [1.165, 1.54) is 6.42 Å². The molecule has 0 amide bonds. The zero-order valence-corrected chi connectivity index (χ0v) is 19.0. The summed E-state index contributed by atoms with van der Waals surface area (Å²) in [4.78, 5) is 24.0. The molecule has 0 heterocycles. The molecule has 0 aromatic rings. The number of carbonyl (C=O) groups excluding carboxylic acids is 2. The fourth-order valence-corrected chi connectivity index (χ4v) is 4.97. The Bertz CT molecular complexity index is 563. The highest BCUT2D eigenvalue weighted by atomic mass is 16.6. The first-order chi connectivity index (χ1) is 13.6. The summed E-state index contributed by atoms with van der Waals surface area (Å²) >= 11 is 0. The summed E-state index contributed by atoms with van der Waals surface area (Å²) in [6.45, 7) is 15.1. The molecule has 4 heteroatoms. The van der Waals surface area contributed by atoms with E-state index < -0.39 is 0 Å². The average molecular weight is 405 g/mol. The summed E-state index contributed by atoms with van der Waals surface area (Å²) in [6, 6.07) is 0. The fourth-order valence-electron chi connectivity index (χ4n) is 4.97. The molecule has 0 atom stereocenters. The molecule has 29 heavy (non-hydrogen) atoms. The summed E-state index contributed by atoms with van der Waals surface area (Å²) in [5.74, 6) is 0.904. The molecule has 0 unspecified atom stereocenters. The van der Waals surface area contributed by atoms with Crippen LogP contribution in [0.15, 0.2) is 24.3 Å². The van der Waals surface area contributed by atoms with Crippen molar-refractivity contribution < 1.29 is 19.1 Å². The van der Waals surface area contributed by atoms with Gasteiger partial charge in [0.2, 0.25) is 0 Å². The molecular formula is C25H40O4. The molecule has 0 aromatic heterocycles. The topological polar surface area (TPSA) is 52.6 Å². The van der Waals surface area contributed by atoms with Crippen molar-refractivity contribution in [2.45, 2.75) is 110 Å². The van der Waals surface area contributed by atoms with E-state index in [0.29, 0.717) is 23.0 Å². The summed E-state index contributed by atoms with van der Waals surface area (Å²) in [5, 5.41) is 0. The second-order valence-electron chi connectivity index (χ2n) is 9.54. The first-order valence-electron chi connectivity index (χ1n) is 11.4. The van der Waals surface area contributed by atoms with Gasteiger partial charge in [-0.1, -0.05) is 27.0 Å². The third kappa shape index (κ3) is 6.20. The smallest absolute Gasteiger partial charge is 0.333 e. The summed E-state index contributed by atoms with van der Waals surface area (Å²) in [7, 11) is 0. The molecule has 2 aliphatic rings. The van der Waals surface area contributed by atoms with Crippen LogP contribution in [-0.2, 0) is 19.1 Å². The second-order valence-corrected chi connectivity index (χ2v) is 9.54. The number of ether oxygens (including phenoxy) is 2. The average Bonchev–Trinajstić information content (AvgIpc) is 2.71. The Kier molecular flexibility index (Phi) is 8.13. The number of rotatable bonds is 8. The van der Waals surface area contributed by atoms with Gasteiger partial charge >= 0.3 is 11.9 Å². The minimum Gasteiger partial charge on any atom is -0.456 e. The van der Waals surface area contributed by atoms with Crippen LogP contribution in [0.4, 0.5) is 0 Å². The molecule has 2 saturated carbocycles. The maximum absolute atomic E-state index is 12.0. The highest BCUT2D eigenvalue weighted by Crippen LogP contribution is 2.44. The van der Waals surface area contributed by atoms with Gasteiger partial charge in [-0.2, -0.15) is 0 Å². The fraction of sp³-hybridized carbons (Fsp3) is 0.760. The van der Waals surface area contributed by atoms with E-state index in [9.17, 15) is 9.59 Å². The first kappa shape index (κ1) is 23.7. The molecular weight excluding hydrogens is 364 g/mol. The van der Waals surface area contributed by atoms with Crippen molar-refractivity contribution in [3.05, 3.63) is 24.3 Å². The van der Waals surface area contributed by atoms with E-state index in [1.54, 1.807) is 13.8 Å². The van der Waals surface area contributed by atoms with Gasteiger partial charge in [0.1, 0.15) is 11.2 Å². The Morgan fingerprint density at radius 1 is 0.759 bits per heavy atom. The van der Waals surface area contributed by atoms with Gasteiger partial charge in [0.05, 0.1) is 0 Å². The Morgan fingerprint density at radius 3 is 1.31 bits per heavy atom. The number of esters is 2. The van der Waals surface area contributed by atoms with Crippen molar-refractivity contribution in [1.82, 2.24) is 0 Å². The molecule has 0 N–H and O–H groups in total. The van der Waals surface area contributed by atoms with Gasteiger partial charge < -0.3 is 9.47 Å². The van der Waals surface area contributed by atoms with Gasteiger partial charge in [-0.05, 0) is 96.3 Å². The van der Waals surface area contributed by atoms with Crippen molar-refractivity contribution in [3.63, 3.8) is 0 Å². The van der Waals surface area contributed by atoms with Crippen molar-refractivity contribution in [3.8, 4) is 0 Å². The normalized spacial score (nSPS) is 32.3. The van der Waals surface area contributed by atoms with E-state index in [4.69, 9.17) is 9.47 Å². The highest BCUT2D eigenvalue weighted by molar-refractivity contribution is 5.87.